The Hall–Kier alpha value is -2.60. The normalized spacial score (nSPS) is 14.4. The lowest BCUT2D eigenvalue weighted by Gasteiger charge is -2.37. The molecule has 6 nitrogen and oxygen atoms in total. The van der Waals surface area contributed by atoms with E-state index < -0.39 is 4.92 Å². The van der Waals surface area contributed by atoms with Crippen molar-refractivity contribution in [3.05, 3.63) is 68.7 Å². The maximum absolute atomic E-state index is 12.5. The van der Waals surface area contributed by atoms with Gasteiger partial charge in [-0.1, -0.05) is 29.8 Å². The number of piperazine rings is 1. The monoisotopic (exact) mass is 373 g/mol. The average Bonchev–Trinajstić information content (AvgIpc) is 2.64. The third-order valence-electron chi connectivity index (χ3n) is 4.65. The van der Waals surface area contributed by atoms with Crippen LogP contribution in [0.4, 0.5) is 11.4 Å². The number of carbonyl (C=O) groups is 1. The average molecular weight is 374 g/mol. The predicted molar refractivity (Wildman–Crippen MR) is 102 cm³/mol. The van der Waals surface area contributed by atoms with Crippen LogP contribution in [0.25, 0.3) is 0 Å². The summed E-state index contributed by atoms with van der Waals surface area (Å²) in [5, 5.41) is 11.4. The first-order valence-corrected chi connectivity index (χ1v) is 8.84. The van der Waals surface area contributed by atoms with Crippen molar-refractivity contribution in [3.63, 3.8) is 0 Å². The van der Waals surface area contributed by atoms with Crippen molar-refractivity contribution in [3.8, 4) is 0 Å². The molecule has 1 fully saturated rings. The highest BCUT2D eigenvalue weighted by Crippen LogP contribution is 2.25. The van der Waals surface area contributed by atoms with Crippen LogP contribution in [0.3, 0.4) is 0 Å². The van der Waals surface area contributed by atoms with Crippen LogP contribution in [-0.4, -0.2) is 41.9 Å². The van der Waals surface area contributed by atoms with Gasteiger partial charge in [0.25, 0.3) is 5.69 Å². The Morgan fingerprint density at radius 3 is 2.38 bits per heavy atom. The van der Waals surface area contributed by atoms with Gasteiger partial charge in [-0.15, -0.1) is 0 Å². The summed E-state index contributed by atoms with van der Waals surface area (Å²) < 4.78 is 0. The number of nitrogens with zero attached hydrogens (tertiary/aromatic N) is 3. The number of benzene rings is 2. The second-order valence-corrected chi connectivity index (χ2v) is 6.84. The van der Waals surface area contributed by atoms with Crippen molar-refractivity contribution in [2.75, 3.05) is 31.1 Å². The Morgan fingerprint density at radius 1 is 1.12 bits per heavy atom. The summed E-state index contributed by atoms with van der Waals surface area (Å²) in [5.41, 5.74) is 3.10. The Morgan fingerprint density at radius 2 is 1.77 bits per heavy atom. The molecule has 2 aromatic rings. The highest BCUT2D eigenvalue weighted by atomic mass is 35.5. The number of anilines is 1. The lowest BCUT2D eigenvalue weighted by Crippen LogP contribution is -2.49. The first kappa shape index (κ1) is 18.2. The van der Waals surface area contributed by atoms with Gasteiger partial charge in [0.15, 0.2) is 0 Å². The molecule has 1 aliphatic heterocycles. The number of halogens is 1. The SMILES string of the molecule is Cc1ccc(Cl)cc1N1CCN(C(=O)Cc2ccc([N+](=O)[O-])cc2)CC1. The quantitative estimate of drug-likeness (QED) is 0.608. The molecule has 1 heterocycles. The van der Waals surface area contributed by atoms with E-state index in [0.717, 1.165) is 24.3 Å². The van der Waals surface area contributed by atoms with Gasteiger partial charge in [0, 0.05) is 49.0 Å². The van der Waals surface area contributed by atoms with E-state index in [1.54, 1.807) is 12.1 Å². The molecule has 0 aromatic heterocycles. The van der Waals surface area contributed by atoms with Crippen molar-refractivity contribution in [2.24, 2.45) is 0 Å². The maximum atomic E-state index is 12.5. The lowest BCUT2D eigenvalue weighted by molar-refractivity contribution is -0.384. The predicted octanol–water partition coefficient (Wildman–Crippen LogP) is 3.45. The van der Waals surface area contributed by atoms with E-state index in [9.17, 15) is 14.9 Å². The summed E-state index contributed by atoms with van der Waals surface area (Å²) in [6.45, 7) is 4.87. The van der Waals surface area contributed by atoms with Crippen LogP contribution in [0.2, 0.25) is 5.02 Å². The summed E-state index contributed by atoms with van der Waals surface area (Å²) in [6.07, 6.45) is 0.258. The number of carbonyl (C=O) groups excluding carboxylic acids is 1. The van der Waals surface area contributed by atoms with Crippen molar-refractivity contribution < 1.29 is 9.72 Å². The number of aryl methyl sites for hydroxylation is 1. The maximum Gasteiger partial charge on any atom is 0.269 e. The molecule has 2 aromatic carbocycles. The summed E-state index contributed by atoms with van der Waals surface area (Å²) >= 11 is 6.10. The Bertz CT molecular complexity index is 815. The molecule has 7 heteroatoms. The Balaban J connectivity index is 1.58. The fraction of sp³-hybridized carbons (Fsp3) is 0.316. The van der Waals surface area contributed by atoms with Gasteiger partial charge in [-0.3, -0.25) is 14.9 Å². The molecule has 0 N–H and O–H groups in total. The van der Waals surface area contributed by atoms with Crippen LogP contribution >= 0.6 is 11.6 Å². The molecular formula is C19H20ClN3O3. The van der Waals surface area contributed by atoms with E-state index in [1.807, 2.05) is 23.1 Å². The number of non-ortho nitro benzene ring substituents is 1. The molecule has 1 saturated heterocycles. The zero-order valence-electron chi connectivity index (χ0n) is 14.5. The number of rotatable bonds is 4. The molecule has 26 heavy (non-hydrogen) atoms. The summed E-state index contributed by atoms with van der Waals surface area (Å²) in [5.74, 6) is 0.0429. The van der Waals surface area contributed by atoms with Crippen LogP contribution < -0.4 is 4.90 Å². The molecule has 3 rings (SSSR count). The third-order valence-corrected chi connectivity index (χ3v) is 4.88. The van der Waals surface area contributed by atoms with Crippen LogP contribution in [0.1, 0.15) is 11.1 Å². The summed E-state index contributed by atoms with van der Waals surface area (Å²) in [4.78, 5) is 26.8. The van der Waals surface area contributed by atoms with Gasteiger partial charge >= 0.3 is 0 Å². The summed E-state index contributed by atoms with van der Waals surface area (Å²) in [6, 6.07) is 12.0. The second-order valence-electron chi connectivity index (χ2n) is 6.40. The molecule has 0 spiro atoms. The van der Waals surface area contributed by atoms with E-state index in [4.69, 9.17) is 11.6 Å². The third kappa shape index (κ3) is 4.14. The van der Waals surface area contributed by atoms with Crippen molar-refractivity contribution in [2.45, 2.75) is 13.3 Å². The van der Waals surface area contributed by atoms with E-state index in [0.29, 0.717) is 18.1 Å². The number of hydrogen-bond donors (Lipinski definition) is 0. The van der Waals surface area contributed by atoms with Crippen molar-refractivity contribution in [1.82, 2.24) is 4.90 Å². The van der Waals surface area contributed by atoms with Crippen molar-refractivity contribution >= 4 is 28.9 Å². The molecule has 136 valence electrons. The van der Waals surface area contributed by atoms with Gasteiger partial charge in [0.1, 0.15) is 0 Å². The Labute approximate surface area is 157 Å². The van der Waals surface area contributed by atoms with Gasteiger partial charge < -0.3 is 9.80 Å². The first-order chi connectivity index (χ1) is 12.4. The molecule has 0 aliphatic carbocycles. The zero-order valence-corrected chi connectivity index (χ0v) is 15.3. The molecular weight excluding hydrogens is 354 g/mol. The van der Waals surface area contributed by atoms with Crippen molar-refractivity contribution in [1.29, 1.82) is 0 Å². The Kier molecular flexibility index (Phi) is 5.42. The van der Waals surface area contributed by atoms with Gasteiger partial charge in [-0.2, -0.15) is 0 Å². The highest BCUT2D eigenvalue weighted by Gasteiger charge is 2.22. The molecule has 0 atom stereocenters. The first-order valence-electron chi connectivity index (χ1n) is 8.46. The van der Waals surface area contributed by atoms with E-state index in [1.165, 1.54) is 17.7 Å². The number of hydrogen-bond acceptors (Lipinski definition) is 4. The minimum absolute atomic E-state index is 0.0340. The standard InChI is InChI=1S/C19H20ClN3O3/c1-14-2-5-16(20)13-18(14)21-8-10-22(11-9-21)19(24)12-15-3-6-17(7-4-15)23(25)26/h2-7,13H,8-12H2,1H3. The lowest BCUT2D eigenvalue weighted by atomic mass is 10.1. The molecule has 1 aliphatic rings. The minimum Gasteiger partial charge on any atom is -0.368 e. The highest BCUT2D eigenvalue weighted by molar-refractivity contribution is 6.30. The topological polar surface area (TPSA) is 66.7 Å². The fourth-order valence-electron chi connectivity index (χ4n) is 3.14. The van der Waals surface area contributed by atoms with Crippen LogP contribution in [0, 0.1) is 17.0 Å². The second kappa shape index (κ2) is 7.74. The van der Waals surface area contributed by atoms with Crippen LogP contribution in [0.15, 0.2) is 42.5 Å². The van der Waals surface area contributed by atoms with E-state index in [2.05, 4.69) is 11.8 Å². The zero-order chi connectivity index (χ0) is 18.7. The fourth-order valence-corrected chi connectivity index (χ4v) is 3.31. The summed E-state index contributed by atoms with van der Waals surface area (Å²) in [7, 11) is 0. The van der Waals surface area contributed by atoms with Gasteiger partial charge in [0.05, 0.1) is 11.3 Å². The molecule has 0 unspecified atom stereocenters. The minimum atomic E-state index is -0.442. The molecule has 0 radical (unpaired) electrons. The van der Waals surface area contributed by atoms with E-state index in [-0.39, 0.29) is 18.0 Å². The largest absolute Gasteiger partial charge is 0.368 e. The number of nitro groups is 1. The molecule has 0 bridgehead atoms. The number of amides is 1. The van der Waals surface area contributed by atoms with E-state index >= 15 is 0 Å². The van der Waals surface area contributed by atoms with Gasteiger partial charge in [-0.25, -0.2) is 0 Å². The van der Waals surface area contributed by atoms with Gasteiger partial charge in [-0.05, 0) is 30.2 Å². The molecule has 1 amide bonds. The van der Waals surface area contributed by atoms with Crippen LogP contribution in [0.5, 0.6) is 0 Å². The van der Waals surface area contributed by atoms with Gasteiger partial charge in [0.2, 0.25) is 5.91 Å². The smallest absolute Gasteiger partial charge is 0.269 e. The number of nitro benzene ring substituents is 1. The molecule has 0 saturated carbocycles. The van der Waals surface area contributed by atoms with Crippen LogP contribution in [-0.2, 0) is 11.2 Å².